The SMILES string of the molecule is CSc1ccc(/C=C(/C(=O)O)c2ccc([N+](=O)[O-])cc2)cc1. The average molecular weight is 315 g/mol. The molecule has 0 radical (unpaired) electrons. The summed E-state index contributed by atoms with van der Waals surface area (Å²) in [6.45, 7) is 0. The van der Waals surface area contributed by atoms with Gasteiger partial charge in [0.2, 0.25) is 0 Å². The summed E-state index contributed by atoms with van der Waals surface area (Å²) < 4.78 is 0. The first-order chi connectivity index (χ1) is 10.5. The molecule has 0 amide bonds. The van der Waals surface area contributed by atoms with Crippen molar-refractivity contribution in [3.63, 3.8) is 0 Å². The predicted molar refractivity (Wildman–Crippen MR) is 86.8 cm³/mol. The molecular weight excluding hydrogens is 302 g/mol. The van der Waals surface area contributed by atoms with E-state index in [1.807, 2.05) is 30.5 Å². The Kier molecular flexibility index (Phi) is 4.95. The van der Waals surface area contributed by atoms with Crippen molar-refractivity contribution in [2.24, 2.45) is 0 Å². The molecular formula is C16H13NO4S. The van der Waals surface area contributed by atoms with E-state index in [1.165, 1.54) is 24.3 Å². The zero-order valence-corrected chi connectivity index (χ0v) is 12.5. The molecule has 0 unspecified atom stereocenters. The lowest BCUT2D eigenvalue weighted by atomic mass is 10.0. The lowest BCUT2D eigenvalue weighted by Gasteiger charge is -2.04. The van der Waals surface area contributed by atoms with E-state index in [0.29, 0.717) is 5.56 Å². The number of carboxylic acid groups (broad SMARTS) is 1. The molecule has 0 bridgehead atoms. The lowest BCUT2D eigenvalue weighted by Crippen LogP contribution is -2.00. The Hall–Kier alpha value is -2.60. The number of nitro groups is 1. The van der Waals surface area contributed by atoms with Crippen LogP contribution in [0, 0.1) is 10.1 Å². The topological polar surface area (TPSA) is 80.4 Å². The Morgan fingerprint density at radius 1 is 1.14 bits per heavy atom. The summed E-state index contributed by atoms with van der Waals surface area (Å²) in [6.07, 6.45) is 3.51. The van der Waals surface area contributed by atoms with Gasteiger partial charge in [-0.25, -0.2) is 4.79 Å². The molecule has 2 rings (SSSR count). The van der Waals surface area contributed by atoms with Crippen LogP contribution in [0.4, 0.5) is 5.69 Å². The van der Waals surface area contributed by atoms with Gasteiger partial charge in [0, 0.05) is 17.0 Å². The summed E-state index contributed by atoms with van der Waals surface area (Å²) in [7, 11) is 0. The summed E-state index contributed by atoms with van der Waals surface area (Å²) in [5.41, 5.74) is 1.20. The molecule has 2 aromatic rings. The number of benzene rings is 2. The summed E-state index contributed by atoms with van der Waals surface area (Å²) in [4.78, 5) is 22.6. The Morgan fingerprint density at radius 2 is 1.73 bits per heavy atom. The third-order valence-electron chi connectivity index (χ3n) is 3.05. The van der Waals surface area contributed by atoms with Crippen LogP contribution in [0.5, 0.6) is 0 Å². The number of hydrogen-bond acceptors (Lipinski definition) is 4. The van der Waals surface area contributed by atoms with E-state index >= 15 is 0 Å². The van der Waals surface area contributed by atoms with Gasteiger partial charge in [0.1, 0.15) is 0 Å². The fourth-order valence-electron chi connectivity index (χ4n) is 1.90. The quantitative estimate of drug-likeness (QED) is 0.297. The van der Waals surface area contributed by atoms with E-state index in [2.05, 4.69) is 0 Å². The summed E-state index contributed by atoms with van der Waals surface area (Å²) >= 11 is 1.60. The number of carbonyl (C=O) groups is 1. The van der Waals surface area contributed by atoms with Gasteiger partial charge in [0.05, 0.1) is 10.5 Å². The molecule has 0 saturated heterocycles. The molecule has 0 saturated carbocycles. The first-order valence-corrected chi connectivity index (χ1v) is 7.57. The van der Waals surface area contributed by atoms with Crippen LogP contribution in [0.15, 0.2) is 53.4 Å². The van der Waals surface area contributed by atoms with Crippen molar-refractivity contribution in [1.82, 2.24) is 0 Å². The second-order valence-electron chi connectivity index (χ2n) is 4.44. The maximum Gasteiger partial charge on any atom is 0.336 e. The smallest absolute Gasteiger partial charge is 0.336 e. The molecule has 2 aromatic carbocycles. The molecule has 0 aromatic heterocycles. The number of carboxylic acids is 1. The van der Waals surface area contributed by atoms with Crippen molar-refractivity contribution in [3.05, 3.63) is 69.8 Å². The van der Waals surface area contributed by atoms with Crippen LogP contribution in [0.1, 0.15) is 11.1 Å². The standard InChI is InChI=1S/C16H13NO4S/c1-22-14-8-2-11(3-9-14)10-15(16(18)19)12-4-6-13(7-5-12)17(20)21/h2-10H,1H3,(H,18,19)/b15-10+. The van der Waals surface area contributed by atoms with Gasteiger partial charge in [-0.3, -0.25) is 10.1 Å². The third-order valence-corrected chi connectivity index (χ3v) is 3.79. The molecule has 22 heavy (non-hydrogen) atoms. The second kappa shape index (κ2) is 6.91. The molecule has 0 aliphatic carbocycles. The van der Waals surface area contributed by atoms with Crippen molar-refractivity contribution in [3.8, 4) is 0 Å². The number of non-ortho nitro benzene ring substituents is 1. The van der Waals surface area contributed by atoms with E-state index in [0.717, 1.165) is 10.5 Å². The fourth-order valence-corrected chi connectivity index (χ4v) is 2.31. The Labute approximate surface area is 131 Å². The predicted octanol–water partition coefficient (Wildman–Crippen LogP) is 3.94. The van der Waals surface area contributed by atoms with E-state index in [4.69, 9.17) is 0 Å². The van der Waals surface area contributed by atoms with E-state index in [9.17, 15) is 20.0 Å². The highest BCUT2D eigenvalue weighted by molar-refractivity contribution is 7.98. The maximum atomic E-state index is 11.4. The van der Waals surface area contributed by atoms with Gasteiger partial charge in [-0.05, 0) is 47.7 Å². The highest BCUT2D eigenvalue weighted by Gasteiger charge is 2.12. The molecule has 0 aliphatic rings. The number of rotatable bonds is 5. The minimum atomic E-state index is -1.08. The molecule has 0 fully saturated rings. The Balaban J connectivity index is 2.38. The fraction of sp³-hybridized carbons (Fsp3) is 0.0625. The lowest BCUT2D eigenvalue weighted by molar-refractivity contribution is -0.384. The van der Waals surface area contributed by atoms with Gasteiger partial charge >= 0.3 is 5.97 Å². The zero-order valence-electron chi connectivity index (χ0n) is 11.7. The molecule has 5 nitrogen and oxygen atoms in total. The first-order valence-electron chi connectivity index (χ1n) is 6.35. The maximum absolute atomic E-state index is 11.4. The van der Waals surface area contributed by atoms with E-state index in [-0.39, 0.29) is 11.3 Å². The molecule has 6 heteroatoms. The monoisotopic (exact) mass is 315 g/mol. The molecule has 0 heterocycles. The average Bonchev–Trinajstić information content (AvgIpc) is 2.53. The summed E-state index contributed by atoms with van der Waals surface area (Å²) in [5.74, 6) is -1.08. The van der Waals surface area contributed by atoms with E-state index in [1.54, 1.807) is 17.8 Å². The molecule has 0 aliphatic heterocycles. The van der Waals surface area contributed by atoms with Gasteiger partial charge in [-0.15, -0.1) is 11.8 Å². The van der Waals surface area contributed by atoms with Crippen LogP contribution in [0.3, 0.4) is 0 Å². The Bertz CT molecular complexity index is 721. The van der Waals surface area contributed by atoms with Crippen molar-refractivity contribution in [1.29, 1.82) is 0 Å². The molecule has 0 spiro atoms. The molecule has 0 atom stereocenters. The second-order valence-corrected chi connectivity index (χ2v) is 5.32. The largest absolute Gasteiger partial charge is 0.478 e. The molecule has 1 N–H and O–H groups in total. The molecule has 112 valence electrons. The van der Waals surface area contributed by atoms with Gasteiger partial charge in [-0.1, -0.05) is 12.1 Å². The summed E-state index contributed by atoms with van der Waals surface area (Å²) in [5, 5.41) is 20.0. The van der Waals surface area contributed by atoms with Crippen LogP contribution in [0.2, 0.25) is 0 Å². The normalized spacial score (nSPS) is 11.2. The van der Waals surface area contributed by atoms with E-state index < -0.39 is 10.9 Å². The minimum absolute atomic E-state index is 0.0715. The minimum Gasteiger partial charge on any atom is -0.478 e. The van der Waals surface area contributed by atoms with Gasteiger partial charge in [-0.2, -0.15) is 0 Å². The van der Waals surface area contributed by atoms with Gasteiger partial charge < -0.3 is 5.11 Å². The van der Waals surface area contributed by atoms with Crippen LogP contribution in [-0.4, -0.2) is 22.3 Å². The summed E-state index contributed by atoms with van der Waals surface area (Å²) in [6, 6.07) is 13.0. The van der Waals surface area contributed by atoms with Crippen LogP contribution < -0.4 is 0 Å². The van der Waals surface area contributed by atoms with Crippen LogP contribution in [-0.2, 0) is 4.79 Å². The Morgan fingerprint density at radius 3 is 2.18 bits per heavy atom. The highest BCUT2D eigenvalue weighted by atomic mass is 32.2. The van der Waals surface area contributed by atoms with Crippen molar-refractivity contribution >= 4 is 35.1 Å². The number of nitro benzene ring substituents is 1. The number of aliphatic carboxylic acids is 1. The highest BCUT2D eigenvalue weighted by Crippen LogP contribution is 2.23. The van der Waals surface area contributed by atoms with Crippen molar-refractivity contribution < 1.29 is 14.8 Å². The number of nitrogens with zero attached hydrogens (tertiary/aromatic N) is 1. The third kappa shape index (κ3) is 3.73. The number of hydrogen-bond donors (Lipinski definition) is 1. The van der Waals surface area contributed by atoms with Crippen molar-refractivity contribution in [2.75, 3.05) is 6.26 Å². The van der Waals surface area contributed by atoms with Crippen molar-refractivity contribution in [2.45, 2.75) is 4.90 Å². The van der Waals surface area contributed by atoms with Gasteiger partial charge in [0.25, 0.3) is 5.69 Å². The zero-order chi connectivity index (χ0) is 16.1. The van der Waals surface area contributed by atoms with Crippen LogP contribution in [0.25, 0.3) is 11.6 Å². The first kappa shape index (κ1) is 15.8. The number of thioether (sulfide) groups is 1. The van der Waals surface area contributed by atoms with Gasteiger partial charge in [0.15, 0.2) is 0 Å². The van der Waals surface area contributed by atoms with Crippen LogP contribution >= 0.6 is 11.8 Å².